The molecule has 0 spiro atoms. The van der Waals surface area contributed by atoms with Crippen molar-refractivity contribution in [3.05, 3.63) is 93.6 Å². The number of amides is 2. The number of ether oxygens (including phenoxy) is 1. The Morgan fingerprint density at radius 3 is 2.34 bits per heavy atom. The van der Waals surface area contributed by atoms with Gasteiger partial charge in [-0.15, -0.1) is 0 Å². The minimum atomic E-state index is -0.483. The molecule has 5 nitrogen and oxygen atoms in total. The number of aryl methyl sites for hydroxylation is 1. The fraction of sp³-hybridized carbons (Fsp3) is 0.120. The van der Waals surface area contributed by atoms with Gasteiger partial charge in [0, 0.05) is 15.7 Å². The molecule has 0 saturated heterocycles. The van der Waals surface area contributed by atoms with E-state index in [4.69, 9.17) is 27.9 Å². The van der Waals surface area contributed by atoms with Gasteiger partial charge in [0.15, 0.2) is 0 Å². The Bertz CT molecular complexity index is 1240. The topological polar surface area (TPSA) is 58.6 Å². The molecule has 0 fully saturated rings. The number of imide groups is 1. The highest BCUT2D eigenvalue weighted by Crippen LogP contribution is 2.38. The Labute approximate surface area is 196 Å². The van der Waals surface area contributed by atoms with Crippen molar-refractivity contribution in [1.29, 1.82) is 0 Å². The predicted octanol–water partition coefficient (Wildman–Crippen LogP) is 6.10. The second kappa shape index (κ2) is 9.07. The van der Waals surface area contributed by atoms with Gasteiger partial charge in [-0.3, -0.25) is 9.59 Å². The first-order valence-corrected chi connectivity index (χ1v) is 10.8. The number of carbonyl (C=O) groups is 2. The Morgan fingerprint density at radius 2 is 1.66 bits per heavy atom. The average Bonchev–Trinajstić information content (AvgIpc) is 3.01. The number of benzene rings is 3. The van der Waals surface area contributed by atoms with Crippen molar-refractivity contribution in [3.63, 3.8) is 0 Å². The van der Waals surface area contributed by atoms with Crippen LogP contribution in [-0.2, 0) is 9.59 Å². The lowest BCUT2D eigenvalue weighted by Crippen LogP contribution is -2.32. The van der Waals surface area contributed by atoms with Crippen LogP contribution in [0.2, 0.25) is 10.0 Å². The van der Waals surface area contributed by atoms with Crippen LogP contribution in [-0.4, -0.2) is 18.4 Å². The number of carbonyl (C=O) groups excluding carboxylic acids is 2. The van der Waals surface area contributed by atoms with Crippen LogP contribution in [0.4, 0.5) is 11.4 Å². The lowest BCUT2D eigenvalue weighted by molar-refractivity contribution is -0.120. The van der Waals surface area contributed by atoms with Gasteiger partial charge < -0.3 is 10.1 Å². The summed E-state index contributed by atoms with van der Waals surface area (Å²) in [7, 11) is 0. The number of nitrogens with one attached hydrogen (secondary N) is 1. The van der Waals surface area contributed by atoms with Crippen LogP contribution in [0.1, 0.15) is 18.1 Å². The molecule has 0 aliphatic carbocycles. The van der Waals surface area contributed by atoms with E-state index in [1.54, 1.807) is 54.6 Å². The molecule has 0 atom stereocenters. The number of para-hydroxylation sites is 2. The van der Waals surface area contributed by atoms with Crippen LogP contribution in [0.3, 0.4) is 0 Å². The van der Waals surface area contributed by atoms with Crippen molar-refractivity contribution in [3.8, 4) is 5.75 Å². The minimum absolute atomic E-state index is 0.156. The van der Waals surface area contributed by atoms with Crippen molar-refractivity contribution in [1.82, 2.24) is 0 Å². The fourth-order valence-electron chi connectivity index (χ4n) is 3.48. The molecular weight excluding hydrogens is 447 g/mol. The highest BCUT2D eigenvalue weighted by molar-refractivity contribution is 6.46. The van der Waals surface area contributed by atoms with E-state index in [1.165, 1.54) is 0 Å². The molecule has 1 heterocycles. The normalized spacial score (nSPS) is 13.7. The molecule has 0 aromatic heterocycles. The summed E-state index contributed by atoms with van der Waals surface area (Å²) in [6.45, 7) is 4.13. The lowest BCUT2D eigenvalue weighted by atomic mass is 10.0. The van der Waals surface area contributed by atoms with Gasteiger partial charge in [-0.2, -0.15) is 0 Å². The third-order valence-electron chi connectivity index (χ3n) is 5.06. The van der Waals surface area contributed by atoms with Crippen LogP contribution >= 0.6 is 23.2 Å². The predicted molar refractivity (Wildman–Crippen MR) is 128 cm³/mol. The first-order chi connectivity index (χ1) is 15.4. The first-order valence-electron chi connectivity index (χ1n) is 10.0. The zero-order chi connectivity index (χ0) is 22.8. The Kier molecular flexibility index (Phi) is 6.21. The standard InChI is InChI=1S/C25H20Cl2N2O3/c1-3-32-21-7-5-4-6-20(21)29-24(30)22(16-9-11-17(26)12-10-16)23(25(29)31)28-18-13-8-15(2)19(27)14-18/h4-14,28H,3H2,1-2H3. The molecule has 162 valence electrons. The second-order valence-corrected chi connectivity index (χ2v) is 8.04. The van der Waals surface area contributed by atoms with Gasteiger partial charge in [0.25, 0.3) is 11.8 Å². The van der Waals surface area contributed by atoms with Gasteiger partial charge in [0.05, 0.1) is 17.9 Å². The third kappa shape index (κ3) is 4.09. The summed E-state index contributed by atoms with van der Waals surface area (Å²) in [5.74, 6) is -0.485. The average molecular weight is 467 g/mol. The number of halogens is 2. The summed E-state index contributed by atoms with van der Waals surface area (Å²) in [4.78, 5) is 28.3. The second-order valence-electron chi connectivity index (χ2n) is 7.19. The SMILES string of the molecule is CCOc1ccccc1N1C(=O)C(Nc2ccc(C)c(Cl)c2)=C(c2ccc(Cl)cc2)C1=O. The summed E-state index contributed by atoms with van der Waals surface area (Å²) in [6, 6.07) is 19.1. The Balaban J connectivity index is 1.83. The molecule has 1 aliphatic rings. The highest BCUT2D eigenvalue weighted by Gasteiger charge is 2.41. The number of anilines is 2. The molecule has 7 heteroatoms. The summed E-state index contributed by atoms with van der Waals surface area (Å²) in [5.41, 5.74) is 2.87. The minimum Gasteiger partial charge on any atom is -0.492 e. The highest BCUT2D eigenvalue weighted by atomic mass is 35.5. The largest absolute Gasteiger partial charge is 0.492 e. The first kappa shape index (κ1) is 21.9. The fourth-order valence-corrected chi connectivity index (χ4v) is 3.79. The van der Waals surface area contributed by atoms with Gasteiger partial charge in [-0.1, -0.05) is 53.5 Å². The van der Waals surface area contributed by atoms with Crippen molar-refractivity contribution < 1.29 is 14.3 Å². The van der Waals surface area contributed by atoms with Crippen molar-refractivity contribution in [2.45, 2.75) is 13.8 Å². The maximum atomic E-state index is 13.6. The summed E-state index contributed by atoms with van der Waals surface area (Å²) < 4.78 is 5.67. The zero-order valence-corrected chi connectivity index (χ0v) is 19.0. The quantitative estimate of drug-likeness (QED) is 0.446. The van der Waals surface area contributed by atoms with E-state index >= 15 is 0 Å². The molecule has 1 aliphatic heterocycles. The van der Waals surface area contributed by atoms with E-state index in [9.17, 15) is 9.59 Å². The van der Waals surface area contributed by atoms with Gasteiger partial charge >= 0.3 is 0 Å². The monoisotopic (exact) mass is 466 g/mol. The van der Waals surface area contributed by atoms with Gasteiger partial charge in [0.2, 0.25) is 0 Å². The van der Waals surface area contributed by atoms with Crippen LogP contribution in [0, 0.1) is 6.92 Å². The molecular formula is C25H20Cl2N2O3. The molecule has 4 rings (SSSR count). The maximum absolute atomic E-state index is 13.6. The molecule has 0 saturated carbocycles. The van der Waals surface area contributed by atoms with E-state index < -0.39 is 11.8 Å². The molecule has 0 bridgehead atoms. The van der Waals surface area contributed by atoms with Crippen LogP contribution in [0.5, 0.6) is 5.75 Å². The van der Waals surface area contributed by atoms with Crippen molar-refractivity contribution in [2.75, 3.05) is 16.8 Å². The lowest BCUT2D eigenvalue weighted by Gasteiger charge is -2.19. The van der Waals surface area contributed by atoms with E-state index in [0.717, 1.165) is 10.5 Å². The molecule has 32 heavy (non-hydrogen) atoms. The van der Waals surface area contributed by atoms with Crippen LogP contribution in [0.15, 0.2) is 72.4 Å². The van der Waals surface area contributed by atoms with E-state index in [2.05, 4.69) is 5.32 Å². The smallest absolute Gasteiger partial charge is 0.282 e. The summed E-state index contributed by atoms with van der Waals surface area (Å²) in [6.07, 6.45) is 0. The molecule has 2 amide bonds. The van der Waals surface area contributed by atoms with Crippen molar-refractivity contribution >= 4 is 52.0 Å². The van der Waals surface area contributed by atoms with Gasteiger partial charge in [-0.25, -0.2) is 4.90 Å². The number of hydrogen-bond acceptors (Lipinski definition) is 4. The van der Waals surface area contributed by atoms with Crippen LogP contribution < -0.4 is 15.0 Å². The molecule has 3 aromatic rings. The molecule has 3 aromatic carbocycles. The molecule has 0 radical (unpaired) electrons. The van der Waals surface area contributed by atoms with Crippen molar-refractivity contribution in [2.24, 2.45) is 0 Å². The molecule has 1 N–H and O–H groups in total. The Hall–Kier alpha value is -3.28. The van der Waals surface area contributed by atoms with E-state index in [-0.39, 0.29) is 11.3 Å². The van der Waals surface area contributed by atoms with E-state index in [0.29, 0.717) is 39.3 Å². The summed E-state index contributed by atoms with van der Waals surface area (Å²) in [5, 5.41) is 4.20. The third-order valence-corrected chi connectivity index (χ3v) is 5.72. The number of nitrogens with zero attached hydrogens (tertiary/aromatic N) is 1. The van der Waals surface area contributed by atoms with Gasteiger partial charge in [-0.05, 0) is 61.4 Å². The van der Waals surface area contributed by atoms with E-state index in [1.807, 2.05) is 26.0 Å². The zero-order valence-electron chi connectivity index (χ0n) is 17.5. The molecule has 0 unspecified atom stereocenters. The maximum Gasteiger partial charge on any atom is 0.282 e. The number of rotatable bonds is 6. The van der Waals surface area contributed by atoms with Gasteiger partial charge in [0.1, 0.15) is 11.4 Å². The van der Waals surface area contributed by atoms with Crippen LogP contribution in [0.25, 0.3) is 5.57 Å². The number of hydrogen-bond donors (Lipinski definition) is 1. The summed E-state index contributed by atoms with van der Waals surface area (Å²) >= 11 is 12.3. The Morgan fingerprint density at radius 1 is 0.938 bits per heavy atom.